The third kappa shape index (κ3) is 1.93. The van der Waals surface area contributed by atoms with E-state index >= 15 is 0 Å². The van der Waals surface area contributed by atoms with E-state index in [4.69, 9.17) is 4.74 Å². The zero-order valence-electron chi connectivity index (χ0n) is 6.67. The van der Waals surface area contributed by atoms with Gasteiger partial charge in [-0.2, -0.15) is 0 Å². The zero-order chi connectivity index (χ0) is 8.27. The first-order valence-corrected chi connectivity index (χ1v) is 3.73. The van der Waals surface area contributed by atoms with Gasteiger partial charge in [-0.3, -0.25) is 0 Å². The Balaban J connectivity index is 2.43. The summed E-state index contributed by atoms with van der Waals surface area (Å²) in [6.07, 6.45) is 5.13. The molecule has 0 fully saturated rings. The highest BCUT2D eigenvalue weighted by Crippen LogP contribution is 2.18. The third-order valence-electron chi connectivity index (χ3n) is 1.74. The van der Waals surface area contributed by atoms with Gasteiger partial charge in [0.05, 0.1) is 0 Å². The van der Waals surface area contributed by atoms with Crippen molar-refractivity contribution in [1.29, 1.82) is 0 Å². The van der Waals surface area contributed by atoms with Gasteiger partial charge in [0.2, 0.25) is 0 Å². The first-order valence-electron chi connectivity index (χ1n) is 3.73. The van der Waals surface area contributed by atoms with Crippen LogP contribution in [-0.2, 0) is 9.53 Å². The summed E-state index contributed by atoms with van der Waals surface area (Å²) in [5, 5.41) is 0. The number of carbonyl (C=O) groups is 1. The van der Waals surface area contributed by atoms with Gasteiger partial charge in [-0.05, 0) is 25.3 Å². The Bertz CT molecular complexity index is 204. The summed E-state index contributed by atoms with van der Waals surface area (Å²) in [5.41, 5.74) is 1.02. The van der Waals surface area contributed by atoms with E-state index in [2.05, 4.69) is 6.58 Å². The second-order valence-electron chi connectivity index (χ2n) is 2.68. The van der Waals surface area contributed by atoms with Gasteiger partial charge in [0.15, 0.2) is 0 Å². The summed E-state index contributed by atoms with van der Waals surface area (Å²) in [6, 6.07) is 0. The summed E-state index contributed by atoms with van der Waals surface area (Å²) in [4.78, 5) is 10.7. The van der Waals surface area contributed by atoms with Gasteiger partial charge in [0.1, 0.15) is 6.10 Å². The van der Waals surface area contributed by atoms with Crippen LogP contribution in [0.5, 0.6) is 0 Å². The van der Waals surface area contributed by atoms with Crippen LogP contribution in [0, 0.1) is 0 Å². The molecule has 1 unspecified atom stereocenters. The van der Waals surface area contributed by atoms with Crippen molar-refractivity contribution >= 4 is 5.97 Å². The number of carbonyl (C=O) groups excluding carboxylic acids is 1. The Hall–Kier alpha value is -1.05. The summed E-state index contributed by atoms with van der Waals surface area (Å²) in [5.74, 6) is -0.212. The molecule has 0 aromatic rings. The molecule has 0 saturated heterocycles. The first-order chi connectivity index (χ1) is 5.24. The largest absolute Gasteiger partial charge is 0.455 e. The molecule has 0 aromatic carbocycles. The highest BCUT2D eigenvalue weighted by Gasteiger charge is 2.21. The number of hydrogen-bond acceptors (Lipinski definition) is 2. The van der Waals surface area contributed by atoms with E-state index in [1.54, 1.807) is 6.08 Å². The maximum absolute atomic E-state index is 10.7. The predicted molar refractivity (Wildman–Crippen MR) is 43.1 cm³/mol. The fourth-order valence-electron chi connectivity index (χ4n) is 1.10. The molecule has 2 nitrogen and oxygen atoms in total. The summed E-state index contributed by atoms with van der Waals surface area (Å²) in [7, 11) is 0. The third-order valence-corrected chi connectivity index (χ3v) is 1.74. The first kappa shape index (κ1) is 8.05. The molecule has 0 bridgehead atoms. The van der Waals surface area contributed by atoms with Crippen molar-refractivity contribution in [2.24, 2.45) is 0 Å². The zero-order valence-corrected chi connectivity index (χ0v) is 6.67. The van der Waals surface area contributed by atoms with E-state index in [0.29, 0.717) is 0 Å². The summed E-state index contributed by atoms with van der Waals surface area (Å²) < 4.78 is 5.00. The molecule has 1 atom stereocenters. The quantitative estimate of drug-likeness (QED) is 0.455. The molecular formula is C9H12O2. The molecule has 0 spiro atoms. The van der Waals surface area contributed by atoms with E-state index in [9.17, 15) is 4.79 Å². The topological polar surface area (TPSA) is 26.3 Å². The Labute approximate surface area is 66.5 Å². The minimum atomic E-state index is -0.212. The van der Waals surface area contributed by atoms with E-state index in [1.165, 1.54) is 0 Å². The van der Waals surface area contributed by atoms with Crippen molar-refractivity contribution in [3.05, 3.63) is 24.3 Å². The van der Waals surface area contributed by atoms with Crippen LogP contribution in [0.25, 0.3) is 0 Å². The molecule has 2 heteroatoms. The van der Waals surface area contributed by atoms with Crippen LogP contribution in [0.4, 0.5) is 0 Å². The number of allylic oxidation sites excluding steroid dienone is 1. The Morgan fingerprint density at radius 1 is 1.82 bits per heavy atom. The van der Waals surface area contributed by atoms with Crippen molar-refractivity contribution in [3.63, 3.8) is 0 Å². The minimum Gasteiger partial charge on any atom is -0.455 e. The van der Waals surface area contributed by atoms with Gasteiger partial charge in [-0.25, -0.2) is 4.79 Å². The minimum absolute atomic E-state index is 0.000463. The maximum Gasteiger partial charge on any atom is 0.331 e. The molecule has 11 heavy (non-hydrogen) atoms. The fourth-order valence-corrected chi connectivity index (χ4v) is 1.10. The lowest BCUT2D eigenvalue weighted by Gasteiger charge is -2.08. The fraction of sp³-hybridized carbons (Fsp3) is 0.444. The number of cyclic esters (lactones) is 1. The number of hydrogen-bond donors (Lipinski definition) is 0. The Kier molecular flexibility index (Phi) is 2.47. The molecule has 1 heterocycles. The molecule has 1 aliphatic rings. The van der Waals surface area contributed by atoms with Crippen LogP contribution in [0.15, 0.2) is 24.3 Å². The van der Waals surface area contributed by atoms with Gasteiger partial charge < -0.3 is 4.74 Å². The molecule has 0 aromatic heterocycles. The van der Waals surface area contributed by atoms with E-state index in [1.807, 2.05) is 13.0 Å². The predicted octanol–water partition coefficient (Wildman–Crippen LogP) is 1.82. The second kappa shape index (κ2) is 3.37. The van der Waals surface area contributed by atoms with E-state index < -0.39 is 0 Å². The molecule has 0 N–H and O–H groups in total. The molecule has 60 valence electrons. The van der Waals surface area contributed by atoms with Gasteiger partial charge >= 0.3 is 5.97 Å². The van der Waals surface area contributed by atoms with Crippen molar-refractivity contribution in [2.75, 3.05) is 0 Å². The molecule has 0 aliphatic carbocycles. The molecule has 1 rings (SSSR count). The summed E-state index contributed by atoms with van der Waals surface area (Å²) in [6.45, 7) is 5.52. The standard InChI is InChI=1S/C9H12O2/c1-3-4-5-8-7(2)6-9(10)11-8/h3,6,8H,1,4-5H2,2H3. The smallest absolute Gasteiger partial charge is 0.331 e. The Morgan fingerprint density at radius 3 is 3.00 bits per heavy atom. The average molecular weight is 152 g/mol. The van der Waals surface area contributed by atoms with E-state index in [0.717, 1.165) is 18.4 Å². The molecular weight excluding hydrogens is 140 g/mol. The van der Waals surface area contributed by atoms with Crippen molar-refractivity contribution in [2.45, 2.75) is 25.9 Å². The highest BCUT2D eigenvalue weighted by atomic mass is 16.5. The van der Waals surface area contributed by atoms with Gasteiger partial charge in [0, 0.05) is 6.08 Å². The van der Waals surface area contributed by atoms with Crippen LogP contribution in [0.1, 0.15) is 19.8 Å². The average Bonchev–Trinajstić information content (AvgIpc) is 2.26. The van der Waals surface area contributed by atoms with Crippen LogP contribution in [-0.4, -0.2) is 12.1 Å². The molecule has 1 aliphatic heterocycles. The van der Waals surface area contributed by atoms with Crippen LogP contribution < -0.4 is 0 Å². The van der Waals surface area contributed by atoms with Crippen molar-refractivity contribution < 1.29 is 9.53 Å². The maximum atomic E-state index is 10.7. The lowest BCUT2D eigenvalue weighted by molar-refractivity contribution is -0.138. The monoisotopic (exact) mass is 152 g/mol. The van der Waals surface area contributed by atoms with Crippen LogP contribution in [0.3, 0.4) is 0 Å². The Morgan fingerprint density at radius 2 is 2.55 bits per heavy atom. The lowest BCUT2D eigenvalue weighted by Crippen LogP contribution is -2.09. The van der Waals surface area contributed by atoms with Gasteiger partial charge in [-0.15, -0.1) is 6.58 Å². The molecule has 0 amide bonds. The number of esters is 1. The van der Waals surface area contributed by atoms with Gasteiger partial charge in [-0.1, -0.05) is 6.08 Å². The van der Waals surface area contributed by atoms with Crippen LogP contribution in [0.2, 0.25) is 0 Å². The highest BCUT2D eigenvalue weighted by molar-refractivity contribution is 5.85. The van der Waals surface area contributed by atoms with Crippen molar-refractivity contribution in [1.82, 2.24) is 0 Å². The van der Waals surface area contributed by atoms with Gasteiger partial charge in [0.25, 0.3) is 0 Å². The number of ether oxygens (including phenoxy) is 1. The SMILES string of the molecule is C=CCCC1OC(=O)C=C1C. The molecule has 0 saturated carbocycles. The second-order valence-corrected chi connectivity index (χ2v) is 2.68. The molecule has 0 radical (unpaired) electrons. The summed E-state index contributed by atoms with van der Waals surface area (Å²) >= 11 is 0. The van der Waals surface area contributed by atoms with Crippen molar-refractivity contribution in [3.8, 4) is 0 Å². The van der Waals surface area contributed by atoms with E-state index in [-0.39, 0.29) is 12.1 Å². The lowest BCUT2D eigenvalue weighted by atomic mass is 10.1. The van der Waals surface area contributed by atoms with Crippen LogP contribution >= 0.6 is 0 Å². The number of rotatable bonds is 3. The normalized spacial score (nSPS) is 22.8.